The van der Waals surface area contributed by atoms with Gasteiger partial charge in [0.25, 0.3) is 0 Å². The largest absolute Gasteiger partial charge is 0.387 e. The Morgan fingerprint density at radius 1 is 1.27 bits per heavy atom. The number of aliphatic hydroxyl groups is 1. The van der Waals surface area contributed by atoms with Gasteiger partial charge in [-0.05, 0) is 44.5 Å². The molecule has 1 atom stereocenters. The maximum absolute atomic E-state index is 12.8. The zero-order chi connectivity index (χ0) is 19.1. The second-order valence-corrected chi connectivity index (χ2v) is 9.21. The highest BCUT2D eigenvalue weighted by Crippen LogP contribution is 2.30. The topological polar surface area (TPSA) is 84.2 Å². The first-order valence-corrected chi connectivity index (χ1v) is 10.8. The molecule has 140 valence electrons. The van der Waals surface area contributed by atoms with Crippen LogP contribution in [-0.2, 0) is 10.0 Å². The molecule has 1 aromatic carbocycles. The molecular formula is C18H23N3O3S2. The van der Waals surface area contributed by atoms with Gasteiger partial charge in [-0.3, -0.25) is 4.68 Å². The van der Waals surface area contributed by atoms with Gasteiger partial charge in [-0.25, -0.2) is 13.1 Å². The van der Waals surface area contributed by atoms with Crippen molar-refractivity contribution >= 4 is 31.4 Å². The van der Waals surface area contributed by atoms with Crippen molar-refractivity contribution in [3.8, 4) is 0 Å². The lowest BCUT2D eigenvalue weighted by molar-refractivity contribution is 0.184. The summed E-state index contributed by atoms with van der Waals surface area (Å²) >= 11 is 1.53. The first kappa shape index (κ1) is 19.0. The lowest BCUT2D eigenvalue weighted by atomic mass is 10.1. The van der Waals surface area contributed by atoms with Crippen LogP contribution in [0.5, 0.6) is 0 Å². The van der Waals surface area contributed by atoms with Crippen LogP contribution in [0.2, 0.25) is 0 Å². The fourth-order valence-corrected chi connectivity index (χ4v) is 5.61. The first-order chi connectivity index (χ1) is 12.2. The van der Waals surface area contributed by atoms with E-state index in [4.69, 9.17) is 0 Å². The summed E-state index contributed by atoms with van der Waals surface area (Å²) in [5.74, 6) is 0. The van der Waals surface area contributed by atoms with Gasteiger partial charge in [0.2, 0.25) is 10.0 Å². The van der Waals surface area contributed by atoms with Crippen molar-refractivity contribution in [3.05, 3.63) is 46.6 Å². The van der Waals surface area contributed by atoms with Crippen molar-refractivity contribution in [2.45, 2.75) is 44.7 Å². The molecule has 8 heteroatoms. The zero-order valence-corrected chi connectivity index (χ0v) is 16.9. The predicted octanol–water partition coefficient (Wildman–Crippen LogP) is 3.31. The van der Waals surface area contributed by atoms with E-state index in [0.717, 1.165) is 15.6 Å². The lowest BCUT2D eigenvalue weighted by Crippen LogP contribution is -2.29. The minimum absolute atomic E-state index is 0.0698. The van der Waals surface area contributed by atoms with Crippen LogP contribution in [0.15, 0.2) is 34.5 Å². The van der Waals surface area contributed by atoms with Crippen LogP contribution in [-0.4, -0.2) is 29.8 Å². The SMILES string of the molecule is Cc1nn(C(C)C)c(C)c1S(=O)(=O)NCC(O)c1csc2ccccc12. The predicted molar refractivity (Wildman–Crippen MR) is 104 cm³/mol. The minimum Gasteiger partial charge on any atom is -0.387 e. The van der Waals surface area contributed by atoms with Crippen LogP contribution in [0.3, 0.4) is 0 Å². The molecule has 0 radical (unpaired) electrons. The summed E-state index contributed by atoms with van der Waals surface area (Å²) < 4.78 is 30.8. The van der Waals surface area contributed by atoms with Gasteiger partial charge in [0.15, 0.2) is 0 Å². The molecule has 0 saturated heterocycles. The number of nitrogens with one attached hydrogen (secondary N) is 1. The fourth-order valence-electron chi connectivity index (χ4n) is 3.17. The molecule has 26 heavy (non-hydrogen) atoms. The van der Waals surface area contributed by atoms with Gasteiger partial charge < -0.3 is 5.11 Å². The Balaban J connectivity index is 1.83. The van der Waals surface area contributed by atoms with Crippen molar-refractivity contribution < 1.29 is 13.5 Å². The molecule has 0 bridgehead atoms. The number of nitrogens with zero attached hydrogens (tertiary/aromatic N) is 2. The van der Waals surface area contributed by atoms with Gasteiger partial charge >= 0.3 is 0 Å². The van der Waals surface area contributed by atoms with E-state index in [0.29, 0.717) is 11.4 Å². The van der Waals surface area contributed by atoms with Crippen LogP contribution >= 0.6 is 11.3 Å². The van der Waals surface area contributed by atoms with E-state index < -0.39 is 16.1 Å². The molecule has 0 fully saturated rings. The maximum atomic E-state index is 12.8. The van der Waals surface area contributed by atoms with E-state index >= 15 is 0 Å². The average Bonchev–Trinajstić information content (AvgIpc) is 3.14. The van der Waals surface area contributed by atoms with E-state index in [9.17, 15) is 13.5 Å². The Morgan fingerprint density at radius 2 is 1.96 bits per heavy atom. The molecule has 0 spiro atoms. The molecule has 0 aliphatic rings. The standard InChI is InChI=1S/C18H23N3O3S2/c1-11(2)21-13(4)18(12(3)20-21)26(23,24)19-9-16(22)15-10-25-17-8-6-5-7-14(15)17/h5-8,10-11,16,19,22H,9H2,1-4H3. The molecular weight excluding hydrogens is 370 g/mol. The van der Waals surface area contributed by atoms with E-state index in [2.05, 4.69) is 9.82 Å². The van der Waals surface area contributed by atoms with Gasteiger partial charge in [0.1, 0.15) is 4.90 Å². The van der Waals surface area contributed by atoms with Crippen LogP contribution in [0.1, 0.15) is 42.9 Å². The van der Waals surface area contributed by atoms with Crippen molar-refractivity contribution in [1.82, 2.24) is 14.5 Å². The number of sulfonamides is 1. The fraction of sp³-hybridized carbons (Fsp3) is 0.389. The van der Waals surface area contributed by atoms with Gasteiger partial charge in [0.05, 0.1) is 17.5 Å². The van der Waals surface area contributed by atoms with Crippen molar-refractivity contribution in [2.75, 3.05) is 6.54 Å². The second kappa shape index (κ2) is 7.11. The van der Waals surface area contributed by atoms with Crippen molar-refractivity contribution in [1.29, 1.82) is 0 Å². The Bertz CT molecular complexity index is 1040. The van der Waals surface area contributed by atoms with Crippen molar-refractivity contribution in [2.24, 2.45) is 0 Å². The molecule has 6 nitrogen and oxygen atoms in total. The molecule has 0 aliphatic carbocycles. The highest BCUT2D eigenvalue weighted by Gasteiger charge is 2.26. The first-order valence-electron chi connectivity index (χ1n) is 8.42. The number of aryl methyl sites for hydroxylation is 1. The number of rotatable bonds is 6. The van der Waals surface area contributed by atoms with Crippen LogP contribution < -0.4 is 4.72 Å². The summed E-state index contributed by atoms with van der Waals surface area (Å²) in [5, 5.41) is 17.7. The number of benzene rings is 1. The molecule has 0 saturated carbocycles. The van der Waals surface area contributed by atoms with Gasteiger partial charge in [-0.2, -0.15) is 5.10 Å². The Hall–Kier alpha value is -1.74. The number of hydrogen-bond acceptors (Lipinski definition) is 5. The Labute approximate surface area is 157 Å². The minimum atomic E-state index is -3.76. The zero-order valence-electron chi connectivity index (χ0n) is 15.2. The molecule has 0 amide bonds. The molecule has 2 aromatic heterocycles. The normalized spacial score (nSPS) is 13.6. The maximum Gasteiger partial charge on any atom is 0.244 e. The summed E-state index contributed by atoms with van der Waals surface area (Å²) in [6, 6.07) is 7.83. The summed E-state index contributed by atoms with van der Waals surface area (Å²) in [5.41, 5.74) is 1.79. The molecule has 0 aliphatic heterocycles. The van der Waals surface area contributed by atoms with E-state index in [1.807, 2.05) is 43.5 Å². The Morgan fingerprint density at radius 3 is 2.62 bits per heavy atom. The molecule has 3 rings (SSSR count). The number of fused-ring (bicyclic) bond motifs is 1. The molecule has 1 unspecified atom stereocenters. The number of thiophene rings is 1. The number of hydrogen-bond donors (Lipinski definition) is 2. The van der Waals surface area contributed by atoms with E-state index in [-0.39, 0.29) is 17.5 Å². The summed E-state index contributed by atoms with van der Waals surface area (Å²) in [6.45, 7) is 7.25. The summed E-state index contributed by atoms with van der Waals surface area (Å²) in [6.07, 6.45) is -0.915. The highest BCUT2D eigenvalue weighted by atomic mass is 32.2. The number of aromatic nitrogens is 2. The van der Waals surface area contributed by atoms with Crippen molar-refractivity contribution in [3.63, 3.8) is 0 Å². The van der Waals surface area contributed by atoms with E-state index in [1.54, 1.807) is 18.5 Å². The second-order valence-electron chi connectivity index (χ2n) is 6.59. The third-order valence-corrected chi connectivity index (χ3v) is 7.01. The average molecular weight is 394 g/mol. The monoisotopic (exact) mass is 393 g/mol. The quantitative estimate of drug-likeness (QED) is 0.673. The van der Waals surface area contributed by atoms with Gasteiger partial charge in [-0.15, -0.1) is 11.3 Å². The van der Waals surface area contributed by atoms with E-state index in [1.165, 1.54) is 11.3 Å². The van der Waals surface area contributed by atoms with Gasteiger partial charge in [-0.1, -0.05) is 18.2 Å². The van der Waals surface area contributed by atoms with Crippen LogP contribution in [0.4, 0.5) is 0 Å². The van der Waals surface area contributed by atoms with Crippen LogP contribution in [0.25, 0.3) is 10.1 Å². The third-order valence-electron chi connectivity index (χ3n) is 4.35. The summed E-state index contributed by atoms with van der Waals surface area (Å²) in [4.78, 5) is 0.188. The Kier molecular flexibility index (Phi) is 5.21. The van der Waals surface area contributed by atoms with Gasteiger partial charge in [0, 0.05) is 22.8 Å². The third kappa shape index (κ3) is 3.42. The molecule has 2 heterocycles. The summed E-state index contributed by atoms with van der Waals surface area (Å²) in [7, 11) is -3.76. The molecule has 2 N–H and O–H groups in total. The van der Waals surface area contributed by atoms with Crippen LogP contribution in [0, 0.1) is 13.8 Å². The number of aliphatic hydroxyl groups excluding tert-OH is 1. The highest BCUT2D eigenvalue weighted by molar-refractivity contribution is 7.89. The molecule has 3 aromatic rings. The lowest BCUT2D eigenvalue weighted by Gasteiger charge is -2.13. The smallest absolute Gasteiger partial charge is 0.244 e.